The Hall–Kier alpha value is -1.40. The van der Waals surface area contributed by atoms with Crippen LogP contribution in [0.25, 0.3) is 0 Å². The van der Waals surface area contributed by atoms with Gasteiger partial charge < -0.3 is 15.0 Å². The summed E-state index contributed by atoms with van der Waals surface area (Å²) in [6.07, 6.45) is 5.09. The van der Waals surface area contributed by atoms with Gasteiger partial charge in [0.2, 0.25) is 5.91 Å². The van der Waals surface area contributed by atoms with Gasteiger partial charge >= 0.3 is 0 Å². The summed E-state index contributed by atoms with van der Waals surface area (Å²) in [7, 11) is 0. The highest BCUT2D eigenvalue weighted by Crippen LogP contribution is 2.55. The molecule has 0 unspecified atom stereocenters. The fraction of sp³-hybridized carbons (Fsp3) is 0.667. The van der Waals surface area contributed by atoms with Crippen molar-refractivity contribution in [3.8, 4) is 0 Å². The third-order valence-electron chi connectivity index (χ3n) is 5.88. The zero-order valence-electron chi connectivity index (χ0n) is 14.3. The minimum absolute atomic E-state index is 0.0968. The highest BCUT2D eigenvalue weighted by Gasteiger charge is 2.63. The number of aromatic nitrogens is 1. The lowest BCUT2D eigenvalue weighted by molar-refractivity contribution is -0.121. The summed E-state index contributed by atoms with van der Waals surface area (Å²) in [6.45, 7) is 3.99. The lowest BCUT2D eigenvalue weighted by Crippen LogP contribution is -2.41. The van der Waals surface area contributed by atoms with Crippen LogP contribution in [-0.2, 0) is 9.53 Å². The van der Waals surface area contributed by atoms with Gasteiger partial charge in [0.15, 0.2) is 11.6 Å². The first-order chi connectivity index (χ1) is 12.0. The van der Waals surface area contributed by atoms with E-state index in [0.717, 1.165) is 19.3 Å². The average Bonchev–Trinajstić information content (AvgIpc) is 3.21. The smallest absolute Gasteiger partial charge is 0.219 e. The number of halogens is 2. The summed E-state index contributed by atoms with van der Waals surface area (Å²) in [5.74, 6) is 0.625. The number of nitrogens with one attached hydrogen (secondary N) is 1. The first-order valence-electron chi connectivity index (χ1n) is 9.03. The second kappa shape index (κ2) is 6.40. The molecule has 0 radical (unpaired) electrons. The van der Waals surface area contributed by atoms with Gasteiger partial charge in [-0.2, -0.15) is 0 Å². The Morgan fingerprint density at radius 2 is 2.44 bits per heavy atom. The van der Waals surface area contributed by atoms with Crippen LogP contribution in [0.1, 0.15) is 32.6 Å². The molecule has 0 aromatic carbocycles. The fourth-order valence-corrected chi connectivity index (χ4v) is 4.96. The van der Waals surface area contributed by atoms with Crippen LogP contribution in [0.4, 0.5) is 10.2 Å². The molecule has 4 heterocycles. The molecule has 7 heteroatoms. The van der Waals surface area contributed by atoms with Crippen molar-refractivity contribution in [2.24, 2.45) is 11.8 Å². The molecular weight excluding hydrogens is 345 g/mol. The fourth-order valence-electron chi connectivity index (χ4n) is 4.81. The van der Waals surface area contributed by atoms with Crippen LogP contribution in [0.15, 0.2) is 12.3 Å². The van der Waals surface area contributed by atoms with Crippen molar-refractivity contribution in [1.82, 2.24) is 10.3 Å². The van der Waals surface area contributed by atoms with Gasteiger partial charge in [-0.05, 0) is 25.3 Å². The molecule has 1 N–H and O–H groups in total. The van der Waals surface area contributed by atoms with Gasteiger partial charge in [0.25, 0.3) is 0 Å². The van der Waals surface area contributed by atoms with Gasteiger partial charge in [0.1, 0.15) is 0 Å². The molecule has 136 valence electrons. The van der Waals surface area contributed by atoms with Gasteiger partial charge in [-0.15, -0.1) is 0 Å². The molecule has 3 saturated heterocycles. The van der Waals surface area contributed by atoms with E-state index in [1.165, 1.54) is 12.3 Å². The van der Waals surface area contributed by atoms with E-state index in [1.54, 1.807) is 0 Å². The lowest BCUT2D eigenvalue weighted by atomic mass is 9.73. The topological polar surface area (TPSA) is 54.5 Å². The molecule has 1 aromatic rings. The van der Waals surface area contributed by atoms with Crippen LogP contribution >= 0.6 is 11.6 Å². The number of carbonyl (C=O) groups is 1. The molecule has 1 amide bonds. The first-order valence-corrected chi connectivity index (χ1v) is 9.41. The first kappa shape index (κ1) is 17.0. The molecule has 3 aliphatic heterocycles. The van der Waals surface area contributed by atoms with Gasteiger partial charge in [-0.1, -0.05) is 18.5 Å². The van der Waals surface area contributed by atoms with Crippen LogP contribution in [0.5, 0.6) is 0 Å². The third kappa shape index (κ3) is 2.89. The largest absolute Gasteiger partial charge is 0.369 e. The van der Waals surface area contributed by atoms with E-state index in [-0.39, 0.29) is 23.5 Å². The van der Waals surface area contributed by atoms with Crippen LogP contribution in [0.3, 0.4) is 0 Å². The molecule has 3 aliphatic rings. The molecule has 1 aromatic heterocycles. The predicted octanol–water partition coefficient (Wildman–Crippen LogP) is 2.77. The van der Waals surface area contributed by atoms with Crippen molar-refractivity contribution < 1.29 is 13.9 Å². The number of pyridine rings is 1. The molecule has 3 fully saturated rings. The van der Waals surface area contributed by atoms with E-state index < -0.39 is 5.82 Å². The molecule has 5 nitrogen and oxygen atoms in total. The van der Waals surface area contributed by atoms with Crippen LogP contribution < -0.4 is 10.2 Å². The predicted molar refractivity (Wildman–Crippen MR) is 93.2 cm³/mol. The minimum atomic E-state index is -0.397. The number of hydrogen-bond acceptors (Lipinski definition) is 4. The molecule has 25 heavy (non-hydrogen) atoms. The van der Waals surface area contributed by atoms with Crippen molar-refractivity contribution in [1.29, 1.82) is 0 Å². The van der Waals surface area contributed by atoms with E-state index in [9.17, 15) is 9.18 Å². The Kier molecular flexibility index (Phi) is 4.36. The number of nitrogens with zero attached hydrogens (tertiary/aromatic N) is 2. The van der Waals surface area contributed by atoms with Gasteiger partial charge in [0.05, 0.1) is 16.7 Å². The summed E-state index contributed by atoms with van der Waals surface area (Å²) in [6, 6.07) is 1.30. The number of anilines is 1. The van der Waals surface area contributed by atoms with Crippen molar-refractivity contribution in [3.05, 3.63) is 23.1 Å². The number of ether oxygens (including phenoxy) is 1. The number of fused-ring (bicyclic) bond motifs is 1. The maximum Gasteiger partial charge on any atom is 0.219 e. The van der Waals surface area contributed by atoms with E-state index in [0.29, 0.717) is 42.8 Å². The highest BCUT2D eigenvalue weighted by atomic mass is 35.5. The standard InChI is InChI=1S/C18H23ClFN3O2/c1-2-3-16(24)21-8-12-13-9-23(10-18(13)5-4-15(12)25-18)17-14(20)6-11(19)7-22-17/h6-7,12-13,15H,2-5,8-10H2,1H3,(H,21,24)/t12-,13+,15+,18+/m0/s1. The quantitative estimate of drug-likeness (QED) is 0.869. The van der Waals surface area contributed by atoms with Gasteiger partial charge in [-0.25, -0.2) is 9.37 Å². The summed E-state index contributed by atoms with van der Waals surface area (Å²) in [5.41, 5.74) is -0.224. The molecule has 4 rings (SSSR count). The number of rotatable bonds is 5. The third-order valence-corrected chi connectivity index (χ3v) is 6.09. The zero-order valence-corrected chi connectivity index (χ0v) is 15.1. The molecule has 4 atom stereocenters. The Morgan fingerprint density at radius 3 is 3.20 bits per heavy atom. The lowest BCUT2D eigenvalue weighted by Gasteiger charge is -2.29. The molecular formula is C18H23ClFN3O2. The van der Waals surface area contributed by atoms with Crippen molar-refractivity contribution in [2.45, 2.75) is 44.3 Å². The summed E-state index contributed by atoms with van der Waals surface area (Å²) in [5, 5.41) is 3.35. The van der Waals surface area contributed by atoms with E-state index >= 15 is 0 Å². The molecule has 0 saturated carbocycles. The van der Waals surface area contributed by atoms with Crippen molar-refractivity contribution in [3.63, 3.8) is 0 Å². The summed E-state index contributed by atoms with van der Waals surface area (Å²) >= 11 is 5.81. The number of carbonyl (C=O) groups excluding carboxylic acids is 1. The van der Waals surface area contributed by atoms with E-state index in [4.69, 9.17) is 16.3 Å². The monoisotopic (exact) mass is 367 g/mol. The van der Waals surface area contributed by atoms with Gasteiger partial charge in [0, 0.05) is 44.1 Å². The molecule has 2 bridgehead atoms. The maximum atomic E-state index is 14.3. The van der Waals surface area contributed by atoms with Crippen LogP contribution in [-0.4, -0.2) is 42.2 Å². The van der Waals surface area contributed by atoms with Gasteiger partial charge in [-0.3, -0.25) is 4.79 Å². The summed E-state index contributed by atoms with van der Waals surface area (Å²) in [4.78, 5) is 18.0. The normalized spacial score (nSPS) is 32.9. The SMILES string of the molecule is CCCC(=O)NC[C@H]1[C@H]2CN(c3ncc(Cl)cc3F)C[C@]23CC[C@H]1O3. The molecule has 0 aliphatic carbocycles. The molecule has 1 spiro atoms. The van der Waals surface area contributed by atoms with E-state index in [2.05, 4.69) is 10.3 Å². The van der Waals surface area contributed by atoms with Crippen LogP contribution in [0.2, 0.25) is 5.02 Å². The minimum Gasteiger partial charge on any atom is -0.369 e. The number of hydrogen-bond donors (Lipinski definition) is 1. The summed E-state index contributed by atoms with van der Waals surface area (Å²) < 4.78 is 20.6. The second-order valence-corrected chi connectivity index (χ2v) is 7.86. The maximum absolute atomic E-state index is 14.3. The Morgan fingerprint density at radius 1 is 1.60 bits per heavy atom. The second-order valence-electron chi connectivity index (χ2n) is 7.42. The highest BCUT2D eigenvalue weighted by molar-refractivity contribution is 6.30. The van der Waals surface area contributed by atoms with E-state index in [1.807, 2.05) is 11.8 Å². The Bertz CT molecular complexity index is 688. The Labute approximate surface area is 151 Å². The van der Waals surface area contributed by atoms with Crippen LogP contribution in [0, 0.1) is 17.7 Å². The average molecular weight is 368 g/mol. The zero-order chi connectivity index (χ0) is 17.6. The van der Waals surface area contributed by atoms with Crippen molar-refractivity contribution in [2.75, 3.05) is 24.5 Å². The Balaban J connectivity index is 1.49. The van der Waals surface area contributed by atoms with Crippen molar-refractivity contribution >= 4 is 23.3 Å². The number of amides is 1.